The summed E-state index contributed by atoms with van der Waals surface area (Å²) in [5, 5.41) is 0.466. The van der Waals surface area contributed by atoms with Crippen LogP contribution in [0.25, 0.3) is 10.2 Å². The van der Waals surface area contributed by atoms with Crippen LogP contribution in [0.5, 0.6) is 0 Å². The fourth-order valence-electron chi connectivity index (χ4n) is 3.65. The highest BCUT2D eigenvalue weighted by atomic mass is 35.5. The molecular formula is C22H20ClN3O3S2. The zero-order chi connectivity index (χ0) is 22.0. The van der Waals surface area contributed by atoms with Crippen molar-refractivity contribution >= 4 is 49.1 Å². The predicted octanol–water partition coefficient (Wildman–Crippen LogP) is 3.52. The number of para-hydroxylation sites is 1. The van der Waals surface area contributed by atoms with Crippen molar-refractivity contribution in [3.63, 3.8) is 0 Å². The number of sulfonamides is 1. The van der Waals surface area contributed by atoms with Crippen LogP contribution in [0.2, 0.25) is 5.02 Å². The van der Waals surface area contributed by atoms with Gasteiger partial charge in [0, 0.05) is 18.1 Å². The number of nitrogens with zero attached hydrogens (tertiary/aromatic N) is 3. The lowest BCUT2D eigenvalue weighted by atomic mass is 9.99. The number of halogens is 1. The van der Waals surface area contributed by atoms with Gasteiger partial charge in [0.05, 0.1) is 27.6 Å². The standard InChI is InChI=1S/C22H20ClN3O3S2/c1-2-13-26-19-7-3-4-8-20(19)30-22(26)24-21(27)16-6-5-14-25(15-16)31(28,29)18-11-9-17(23)10-12-18/h1,3-4,7-12,16H,5-6,13-15H2. The van der Waals surface area contributed by atoms with Crippen LogP contribution in [0.1, 0.15) is 12.8 Å². The highest BCUT2D eigenvalue weighted by molar-refractivity contribution is 7.89. The SMILES string of the molecule is C#CCn1c(=NC(=O)C2CCCN(S(=O)(=O)c3ccc(Cl)cc3)C2)sc2ccccc21. The first-order chi connectivity index (χ1) is 14.9. The molecule has 6 nitrogen and oxygen atoms in total. The van der Waals surface area contributed by atoms with E-state index in [0.717, 1.165) is 10.2 Å². The van der Waals surface area contributed by atoms with Crippen molar-refractivity contribution < 1.29 is 13.2 Å². The third kappa shape index (κ3) is 4.46. The van der Waals surface area contributed by atoms with Crippen LogP contribution in [0.15, 0.2) is 58.4 Å². The van der Waals surface area contributed by atoms with E-state index in [-0.39, 0.29) is 17.3 Å². The van der Waals surface area contributed by atoms with Gasteiger partial charge in [0.25, 0.3) is 5.91 Å². The zero-order valence-electron chi connectivity index (χ0n) is 16.6. The summed E-state index contributed by atoms with van der Waals surface area (Å²) in [7, 11) is -3.70. The molecule has 0 aliphatic carbocycles. The summed E-state index contributed by atoms with van der Waals surface area (Å²) in [6.45, 7) is 0.778. The van der Waals surface area contributed by atoms with Crippen LogP contribution in [0.4, 0.5) is 0 Å². The van der Waals surface area contributed by atoms with E-state index in [1.807, 2.05) is 28.8 Å². The number of hydrogen-bond acceptors (Lipinski definition) is 4. The Bertz CT molecular complexity index is 1330. The first-order valence-corrected chi connectivity index (χ1v) is 12.4. The monoisotopic (exact) mass is 473 g/mol. The molecular weight excluding hydrogens is 454 g/mol. The van der Waals surface area contributed by atoms with Gasteiger partial charge in [-0.3, -0.25) is 4.79 Å². The Morgan fingerprint density at radius 2 is 1.97 bits per heavy atom. The Hall–Kier alpha value is -2.44. The maximum absolute atomic E-state index is 13.0. The Kier molecular flexibility index (Phi) is 6.30. The average Bonchev–Trinajstić information content (AvgIpc) is 3.11. The van der Waals surface area contributed by atoms with E-state index in [1.165, 1.54) is 27.8 Å². The summed E-state index contributed by atoms with van der Waals surface area (Å²) in [5.74, 6) is 1.78. The second kappa shape index (κ2) is 8.97. The molecule has 1 aliphatic heterocycles. The Morgan fingerprint density at radius 3 is 2.71 bits per heavy atom. The molecule has 0 bridgehead atoms. The predicted molar refractivity (Wildman–Crippen MR) is 122 cm³/mol. The molecule has 1 unspecified atom stereocenters. The summed E-state index contributed by atoms with van der Waals surface area (Å²) in [5.41, 5.74) is 0.924. The Morgan fingerprint density at radius 1 is 1.23 bits per heavy atom. The quantitative estimate of drug-likeness (QED) is 0.544. The number of carbonyl (C=O) groups excluding carboxylic acids is 1. The van der Waals surface area contributed by atoms with Crippen molar-refractivity contribution in [2.75, 3.05) is 13.1 Å². The molecule has 1 atom stereocenters. The summed E-state index contributed by atoms with van der Waals surface area (Å²) in [4.78, 5) is 18.0. The van der Waals surface area contributed by atoms with Gasteiger partial charge in [0.2, 0.25) is 10.0 Å². The summed E-state index contributed by atoms with van der Waals surface area (Å²) >= 11 is 7.27. The van der Waals surface area contributed by atoms with Crippen molar-refractivity contribution in [3.05, 3.63) is 58.4 Å². The normalized spacial score (nSPS) is 18.2. The third-order valence-corrected chi connectivity index (χ3v) is 8.42. The summed E-state index contributed by atoms with van der Waals surface area (Å²) < 4.78 is 30.2. The molecule has 1 fully saturated rings. The topological polar surface area (TPSA) is 71.7 Å². The van der Waals surface area contributed by atoms with Gasteiger partial charge in [-0.05, 0) is 49.2 Å². The van der Waals surface area contributed by atoms with Gasteiger partial charge in [0.15, 0.2) is 4.80 Å². The van der Waals surface area contributed by atoms with Crippen LogP contribution in [-0.2, 0) is 21.4 Å². The summed E-state index contributed by atoms with van der Waals surface area (Å²) in [6, 6.07) is 13.8. The van der Waals surface area contributed by atoms with E-state index >= 15 is 0 Å². The van der Waals surface area contributed by atoms with Crippen LogP contribution in [-0.4, -0.2) is 36.3 Å². The number of thiazole rings is 1. The number of aromatic nitrogens is 1. The maximum Gasteiger partial charge on any atom is 0.252 e. The molecule has 4 rings (SSSR count). The molecule has 1 amide bonds. The first kappa shape index (κ1) is 21.8. The van der Waals surface area contributed by atoms with Gasteiger partial charge < -0.3 is 4.57 Å². The molecule has 0 N–H and O–H groups in total. The van der Waals surface area contributed by atoms with E-state index < -0.39 is 15.9 Å². The number of rotatable bonds is 4. The minimum atomic E-state index is -3.70. The molecule has 1 aliphatic rings. The molecule has 9 heteroatoms. The largest absolute Gasteiger partial charge is 0.305 e. The van der Waals surface area contributed by atoms with Gasteiger partial charge in [0.1, 0.15) is 0 Å². The summed E-state index contributed by atoms with van der Waals surface area (Å²) in [6.07, 6.45) is 6.69. The molecule has 31 heavy (non-hydrogen) atoms. The lowest BCUT2D eigenvalue weighted by Crippen LogP contribution is -2.42. The molecule has 0 radical (unpaired) electrons. The van der Waals surface area contributed by atoms with E-state index in [0.29, 0.717) is 35.8 Å². The van der Waals surface area contributed by atoms with Crippen LogP contribution >= 0.6 is 22.9 Å². The Labute approximate surface area is 189 Å². The van der Waals surface area contributed by atoms with E-state index in [1.54, 1.807) is 12.1 Å². The zero-order valence-corrected chi connectivity index (χ0v) is 19.0. The number of fused-ring (bicyclic) bond motifs is 1. The van der Waals surface area contributed by atoms with Crippen molar-refractivity contribution in [2.45, 2.75) is 24.3 Å². The number of terminal acetylenes is 1. The molecule has 2 aromatic carbocycles. The van der Waals surface area contributed by atoms with E-state index in [2.05, 4.69) is 10.9 Å². The van der Waals surface area contributed by atoms with E-state index in [9.17, 15) is 13.2 Å². The smallest absolute Gasteiger partial charge is 0.252 e. The number of amides is 1. The Balaban J connectivity index is 1.61. The van der Waals surface area contributed by atoms with Gasteiger partial charge in [-0.25, -0.2) is 8.42 Å². The minimum Gasteiger partial charge on any atom is -0.305 e. The van der Waals surface area contributed by atoms with Gasteiger partial charge in [-0.2, -0.15) is 9.30 Å². The van der Waals surface area contributed by atoms with Crippen molar-refractivity contribution in [1.29, 1.82) is 0 Å². The molecule has 160 valence electrons. The first-order valence-electron chi connectivity index (χ1n) is 9.76. The average molecular weight is 474 g/mol. The molecule has 0 spiro atoms. The third-order valence-electron chi connectivity index (χ3n) is 5.23. The molecule has 3 aromatic rings. The second-order valence-electron chi connectivity index (χ2n) is 7.25. The molecule has 2 heterocycles. The lowest BCUT2D eigenvalue weighted by Gasteiger charge is -2.30. The number of hydrogen-bond donors (Lipinski definition) is 0. The van der Waals surface area contributed by atoms with Crippen LogP contribution < -0.4 is 4.80 Å². The van der Waals surface area contributed by atoms with Crippen LogP contribution in [0, 0.1) is 18.3 Å². The molecule has 0 saturated carbocycles. The van der Waals surface area contributed by atoms with E-state index in [4.69, 9.17) is 18.0 Å². The van der Waals surface area contributed by atoms with Crippen molar-refractivity contribution in [3.8, 4) is 12.3 Å². The molecule has 1 aromatic heterocycles. The fourth-order valence-corrected chi connectivity index (χ4v) is 6.34. The fraction of sp³-hybridized carbons (Fsp3) is 0.273. The van der Waals surface area contributed by atoms with Gasteiger partial charge >= 0.3 is 0 Å². The second-order valence-corrected chi connectivity index (χ2v) is 10.6. The van der Waals surface area contributed by atoms with Gasteiger partial charge in [-0.15, -0.1) is 6.42 Å². The van der Waals surface area contributed by atoms with Crippen molar-refractivity contribution in [1.82, 2.24) is 8.87 Å². The number of benzene rings is 2. The minimum absolute atomic E-state index is 0.104. The maximum atomic E-state index is 13.0. The van der Waals surface area contributed by atoms with Crippen LogP contribution in [0.3, 0.4) is 0 Å². The number of carbonyl (C=O) groups is 1. The lowest BCUT2D eigenvalue weighted by molar-refractivity contribution is -0.122. The molecule has 1 saturated heterocycles. The van der Waals surface area contributed by atoms with Gasteiger partial charge in [-0.1, -0.05) is 41.0 Å². The highest BCUT2D eigenvalue weighted by Crippen LogP contribution is 2.25. The highest BCUT2D eigenvalue weighted by Gasteiger charge is 2.33. The number of piperidine rings is 1. The van der Waals surface area contributed by atoms with Crippen molar-refractivity contribution in [2.24, 2.45) is 10.9 Å².